The summed E-state index contributed by atoms with van der Waals surface area (Å²) in [6.07, 6.45) is 3.05. The van der Waals surface area contributed by atoms with Gasteiger partial charge in [-0.25, -0.2) is 9.97 Å². The molecular weight excluding hydrogens is 226 g/mol. The summed E-state index contributed by atoms with van der Waals surface area (Å²) in [5.41, 5.74) is 9.67. The van der Waals surface area contributed by atoms with E-state index < -0.39 is 0 Å². The van der Waals surface area contributed by atoms with Crippen LogP contribution >= 0.6 is 0 Å². The maximum absolute atomic E-state index is 5.80. The molecule has 0 aliphatic rings. The molecule has 2 aromatic rings. The molecule has 0 saturated heterocycles. The van der Waals surface area contributed by atoms with E-state index in [0.717, 1.165) is 11.4 Å². The summed E-state index contributed by atoms with van der Waals surface area (Å²) < 4.78 is 0. The number of aryl methyl sites for hydroxylation is 1. The maximum Gasteiger partial charge on any atom is 0.157 e. The summed E-state index contributed by atoms with van der Waals surface area (Å²) in [4.78, 5) is 10.0. The van der Waals surface area contributed by atoms with Crippen molar-refractivity contribution < 1.29 is 0 Å². The van der Waals surface area contributed by atoms with Crippen LogP contribution in [0.2, 0.25) is 0 Å². The van der Waals surface area contributed by atoms with Crippen LogP contribution in [0.5, 0.6) is 0 Å². The standard InChI is InChI=1S/C13H17N5/c1-9-4-5-10(6-12(9)18(2)3)17-13-11(14)7-15-8-16-13/h4-8H,14H2,1-3H3,(H,15,16,17). The molecule has 1 aromatic heterocycles. The largest absolute Gasteiger partial charge is 0.394 e. The Morgan fingerprint density at radius 1 is 1.28 bits per heavy atom. The van der Waals surface area contributed by atoms with Gasteiger partial charge in [0.1, 0.15) is 6.33 Å². The first kappa shape index (κ1) is 12.2. The van der Waals surface area contributed by atoms with Crippen molar-refractivity contribution in [1.29, 1.82) is 0 Å². The highest BCUT2D eigenvalue weighted by molar-refractivity contribution is 5.71. The molecule has 0 aliphatic heterocycles. The third-order valence-corrected chi connectivity index (χ3v) is 2.69. The van der Waals surface area contributed by atoms with Crippen molar-refractivity contribution in [3.63, 3.8) is 0 Å². The molecule has 0 saturated carbocycles. The monoisotopic (exact) mass is 243 g/mol. The minimum Gasteiger partial charge on any atom is -0.394 e. The fourth-order valence-corrected chi connectivity index (χ4v) is 1.75. The Kier molecular flexibility index (Phi) is 3.32. The Bertz CT molecular complexity index is 551. The van der Waals surface area contributed by atoms with E-state index in [-0.39, 0.29) is 0 Å². The number of hydrogen-bond acceptors (Lipinski definition) is 5. The second-order valence-corrected chi connectivity index (χ2v) is 4.35. The Hall–Kier alpha value is -2.30. The van der Waals surface area contributed by atoms with E-state index in [0.29, 0.717) is 11.5 Å². The molecule has 0 amide bonds. The molecule has 5 heteroatoms. The zero-order chi connectivity index (χ0) is 13.1. The number of anilines is 4. The highest BCUT2D eigenvalue weighted by atomic mass is 15.1. The summed E-state index contributed by atoms with van der Waals surface area (Å²) in [6.45, 7) is 2.08. The first-order valence-electron chi connectivity index (χ1n) is 5.68. The zero-order valence-electron chi connectivity index (χ0n) is 10.8. The fraction of sp³-hybridized carbons (Fsp3) is 0.231. The molecule has 1 heterocycles. The van der Waals surface area contributed by atoms with E-state index in [1.807, 2.05) is 20.2 Å². The Morgan fingerprint density at radius 3 is 2.72 bits per heavy atom. The molecule has 0 unspecified atom stereocenters. The van der Waals surface area contributed by atoms with Crippen LogP contribution in [0.15, 0.2) is 30.7 Å². The van der Waals surface area contributed by atoms with E-state index in [1.165, 1.54) is 11.9 Å². The number of aromatic nitrogens is 2. The van der Waals surface area contributed by atoms with Crippen molar-refractivity contribution in [2.75, 3.05) is 30.0 Å². The van der Waals surface area contributed by atoms with E-state index in [2.05, 4.69) is 39.2 Å². The van der Waals surface area contributed by atoms with Gasteiger partial charge in [0.15, 0.2) is 5.82 Å². The summed E-state index contributed by atoms with van der Waals surface area (Å²) in [5, 5.41) is 3.19. The highest BCUT2D eigenvalue weighted by Crippen LogP contribution is 2.25. The molecule has 0 radical (unpaired) electrons. The SMILES string of the molecule is Cc1ccc(Nc2ncncc2N)cc1N(C)C. The van der Waals surface area contributed by atoms with E-state index >= 15 is 0 Å². The van der Waals surface area contributed by atoms with Crippen molar-refractivity contribution in [3.05, 3.63) is 36.3 Å². The van der Waals surface area contributed by atoms with Gasteiger partial charge in [0.25, 0.3) is 0 Å². The Labute approximate surface area is 107 Å². The second-order valence-electron chi connectivity index (χ2n) is 4.35. The van der Waals surface area contributed by atoms with Crippen LogP contribution in [0.1, 0.15) is 5.56 Å². The summed E-state index contributed by atoms with van der Waals surface area (Å²) in [6, 6.07) is 6.13. The van der Waals surface area contributed by atoms with Gasteiger partial charge in [-0.1, -0.05) is 6.07 Å². The van der Waals surface area contributed by atoms with E-state index in [1.54, 1.807) is 6.20 Å². The smallest absolute Gasteiger partial charge is 0.157 e. The van der Waals surface area contributed by atoms with Crippen LogP contribution in [0.25, 0.3) is 0 Å². The lowest BCUT2D eigenvalue weighted by atomic mass is 10.1. The van der Waals surface area contributed by atoms with Gasteiger partial charge in [-0.2, -0.15) is 0 Å². The van der Waals surface area contributed by atoms with Gasteiger partial charge in [0.05, 0.1) is 11.9 Å². The summed E-state index contributed by atoms with van der Waals surface area (Å²) >= 11 is 0. The minimum absolute atomic E-state index is 0.532. The molecule has 0 aliphatic carbocycles. The number of nitrogens with one attached hydrogen (secondary N) is 1. The molecule has 18 heavy (non-hydrogen) atoms. The third-order valence-electron chi connectivity index (χ3n) is 2.69. The van der Waals surface area contributed by atoms with Gasteiger partial charge in [-0.3, -0.25) is 0 Å². The average molecular weight is 243 g/mol. The van der Waals surface area contributed by atoms with Gasteiger partial charge < -0.3 is 16.0 Å². The highest BCUT2D eigenvalue weighted by Gasteiger charge is 2.05. The van der Waals surface area contributed by atoms with Crippen LogP contribution in [-0.4, -0.2) is 24.1 Å². The van der Waals surface area contributed by atoms with Crippen molar-refractivity contribution in [3.8, 4) is 0 Å². The lowest BCUT2D eigenvalue weighted by Gasteiger charge is -2.17. The number of hydrogen-bond donors (Lipinski definition) is 2. The first-order valence-corrected chi connectivity index (χ1v) is 5.68. The predicted octanol–water partition coefficient (Wildman–Crippen LogP) is 2.18. The Balaban J connectivity index is 2.30. The van der Waals surface area contributed by atoms with Gasteiger partial charge in [-0.15, -0.1) is 0 Å². The van der Waals surface area contributed by atoms with Crippen LogP contribution < -0.4 is 16.0 Å². The lowest BCUT2D eigenvalue weighted by Crippen LogP contribution is -2.10. The number of nitrogens with two attached hydrogens (primary N) is 1. The lowest BCUT2D eigenvalue weighted by molar-refractivity contribution is 1.11. The van der Waals surface area contributed by atoms with Crippen LogP contribution in [0.4, 0.5) is 22.9 Å². The molecule has 0 spiro atoms. The van der Waals surface area contributed by atoms with Crippen molar-refractivity contribution in [2.45, 2.75) is 6.92 Å². The number of nitrogen functional groups attached to an aromatic ring is 1. The molecule has 94 valence electrons. The van der Waals surface area contributed by atoms with Gasteiger partial charge >= 0.3 is 0 Å². The molecule has 5 nitrogen and oxygen atoms in total. The molecule has 0 bridgehead atoms. The fourth-order valence-electron chi connectivity index (χ4n) is 1.75. The van der Waals surface area contributed by atoms with Gasteiger partial charge in [0.2, 0.25) is 0 Å². The number of rotatable bonds is 3. The van der Waals surface area contributed by atoms with Crippen molar-refractivity contribution in [1.82, 2.24) is 9.97 Å². The number of nitrogens with zero attached hydrogens (tertiary/aromatic N) is 3. The van der Waals surface area contributed by atoms with E-state index in [4.69, 9.17) is 5.73 Å². The third kappa shape index (κ3) is 2.51. The molecule has 0 atom stereocenters. The minimum atomic E-state index is 0.532. The van der Waals surface area contributed by atoms with Gasteiger partial charge in [-0.05, 0) is 24.6 Å². The molecule has 3 N–H and O–H groups in total. The van der Waals surface area contributed by atoms with Crippen molar-refractivity contribution in [2.24, 2.45) is 0 Å². The molecule has 2 rings (SSSR count). The van der Waals surface area contributed by atoms with Gasteiger partial charge in [0, 0.05) is 25.5 Å². The normalized spacial score (nSPS) is 10.2. The van der Waals surface area contributed by atoms with Crippen LogP contribution in [0, 0.1) is 6.92 Å². The van der Waals surface area contributed by atoms with Crippen LogP contribution in [-0.2, 0) is 0 Å². The average Bonchev–Trinajstić information content (AvgIpc) is 2.34. The topological polar surface area (TPSA) is 67.1 Å². The molecular formula is C13H17N5. The maximum atomic E-state index is 5.80. The Morgan fingerprint density at radius 2 is 2.06 bits per heavy atom. The predicted molar refractivity (Wildman–Crippen MR) is 75.2 cm³/mol. The quantitative estimate of drug-likeness (QED) is 0.864. The van der Waals surface area contributed by atoms with Crippen LogP contribution in [0.3, 0.4) is 0 Å². The van der Waals surface area contributed by atoms with Crippen molar-refractivity contribution >= 4 is 22.9 Å². The number of benzene rings is 1. The summed E-state index contributed by atoms with van der Waals surface area (Å²) in [7, 11) is 4.04. The molecule has 0 fully saturated rings. The van der Waals surface area contributed by atoms with E-state index in [9.17, 15) is 0 Å². The first-order chi connectivity index (χ1) is 8.58. The molecule has 1 aromatic carbocycles. The summed E-state index contributed by atoms with van der Waals surface area (Å²) in [5.74, 6) is 0.624. The zero-order valence-corrected chi connectivity index (χ0v) is 10.8. The second kappa shape index (κ2) is 4.91.